The Hall–Kier alpha value is -2.80. The molecule has 0 saturated carbocycles. The molecule has 30 heavy (non-hydrogen) atoms. The van der Waals surface area contributed by atoms with Crippen LogP contribution in [0.1, 0.15) is 24.2 Å². The fourth-order valence-electron chi connectivity index (χ4n) is 3.48. The molecule has 0 bridgehead atoms. The largest absolute Gasteiger partial charge is 0.390 e. The summed E-state index contributed by atoms with van der Waals surface area (Å²) in [5.41, 5.74) is 1.17. The molecule has 0 radical (unpaired) electrons. The van der Waals surface area contributed by atoms with Gasteiger partial charge in [0.05, 0.1) is 41.2 Å². The molecule has 13 heteroatoms. The number of nitrogens with one attached hydrogen (secondary N) is 1. The molecule has 0 spiro atoms. The van der Waals surface area contributed by atoms with Crippen LogP contribution in [0.3, 0.4) is 0 Å². The van der Waals surface area contributed by atoms with E-state index >= 15 is 0 Å². The highest BCUT2D eigenvalue weighted by molar-refractivity contribution is 7.89. The molecular formula is C17H25N7O5S. The van der Waals surface area contributed by atoms with Gasteiger partial charge in [0.1, 0.15) is 4.90 Å². The van der Waals surface area contributed by atoms with E-state index in [-0.39, 0.29) is 36.3 Å². The number of piperidine rings is 1. The van der Waals surface area contributed by atoms with Crippen molar-refractivity contribution >= 4 is 21.7 Å². The average Bonchev–Trinajstić information content (AvgIpc) is 3.25. The maximum absolute atomic E-state index is 13.0. The van der Waals surface area contributed by atoms with Crippen molar-refractivity contribution in [3.05, 3.63) is 33.8 Å². The minimum Gasteiger partial charge on any atom is -0.358 e. The van der Waals surface area contributed by atoms with Gasteiger partial charge in [-0.15, -0.1) is 0 Å². The number of nitro groups is 1. The Bertz CT molecular complexity index is 1060. The molecule has 2 aromatic rings. The molecule has 0 aromatic carbocycles. The lowest BCUT2D eigenvalue weighted by Gasteiger charge is -2.31. The minimum absolute atomic E-state index is 0.106. The van der Waals surface area contributed by atoms with Crippen molar-refractivity contribution in [3.8, 4) is 0 Å². The Morgan fingerprint density at radius 2 is 2.13 bits per heavy atom. The second-order valence-electron chi connectivity index (χ2n) is 7.34. The van der Waals surface area contributed by atoms with Gasteiger partial charge in [-0.05, 0) is 31.6 Å². The highest BCUT2D eigenvalue weighted by atomic mass is 32.2. The van der Waals surface area contributed by atoms with Gasteiger partial charge in [0, 0.05) is 26.7 Å². The lowest BCUT2D eigenvalue weighted by molar-refractivity contribution is -0.389. The minimum atomic E-state index is -3.72. The van der Waals surface area contributed by atoms with Crippen LogP contribution in [-0.4, -0.2) is 62.7 Å². The number of hydrogen-bond acceptors (Lipinski definition) is 7. The summed E-state index contributed by atoms with van der Waals surface area (Å²) >= 11 is 0. The van der Waals surface area contributed by atoms with Crippen molar-refractivity contribution < 1.29 is 18.1 Å². The number of rotatable bonds is 7. The smallest absolute Gasteiger partial charge is 0.358 e. The molecule has 1 amide bonds. The lowest BCUT2D eigenvalue weighted by atomic mass is 9.99. The zero-order chi connectivity index (χ0) is 22.1. The first-order valence-corrected chi connectivity index (χ1v) is 11.0. The van der Waals surface area contributed by atoms with Crippen molar-refractivity contribution in [2.75, 3.05) is 19.6 Å². The molecule has 1 N–H and O–H groups in total. The van der Waals surface area contributed by atoms with Gasteiger partial charge in [0.25, 0.3) is 0 Å². The summed E-state index contributed by atoms with van der Waals surface area (Å²) in [6.07, 6.45) is 2.51. The molecule has 3 heterocycles. The van der Waals surface area contributed by atoms with E-state index in [1.54, 1.807) is 20.9 Å². The predicted molar refractivity (Wildman–Crippen MR) is 106 cm³/mol. The number of amides is 1. The fourth-order valence-corrected chi connectivity index (χ4v) is 5.19. The Balaban J connectivity index is 1.59. The van der Waals surface area contributed by atoms with Gasteiger partial charge in [-0.2, -0.15) is 14.1 Å². The monoisotopic (exact) mass is 439 g/mol. The summed E-state index contributed by atoms with van der Waals surface area (Å²) in [4.78, 5) is 23.0. The second kappa shape index (κ2) is 8.52. The first-order chi connectivity index (χ1) is 14.1. The highest BCUT2D eigenvalue weighted by Gasteiger charge is 2.34. The van der Waals surface area contributed by atoms with E-state index in [4.69, 9.17) is 0 Å². The molecular weight excluding hydrogens is 414 g/mol. The van der Waals surface area contributed by atoms with E-state index in [1.807, 2.05) is 0 Å². The molecule has 1 fully saturated rings. The number of sulfonamides is 1. The standard InChI is InChI=1S/C17H25N7O5S/c1-12-9-16(24(26)27)20-23(12)8-6-18-17(25)14-5-4-7-22(11-14)30(28,29)15-10-19-21(3)13(15)2/h9-10,14H,4-8,11H2,1-3H3,(H,18,25)/t14-/m0/s1. The van der Waals surface area contributed by atoms with Crippen LogP contribution < -0.4 is 5.32 Å². The predicted octanol–water partition coefficient (Wildman–Crippen LogP) is 0.359. The van der Waals surface area contributed by atoms with E-state index in [1.165, 1.54) is 25.9 Å². The third-order valence-electron chi connectivity index (χ3n) is 5.34. The van der Waals surface area contributed by atoms with Crippen molar-refractivity contribution in [2.24, 2.45) is 13.0 Å². The van der Waals surface area contributed by atoms with E-state index in [0.29, 0.717) is 30.8 Å². The molecule has 1 aliphatic heterocycles. The Morgan fingerprint density at radius 1 is 1.40 bits per heavy atom. The van der Waals surface area contributed by atoms with Gasteiger partial charge >= 0.3 is 5.82 Å². The first kappa shape index (κ1) is 21.9. The number of aryl methyl sites for hydroxylation is 2. The summed E-state index contributed by atoms with van der Waals surface area (Å²) in [6.45, 7) is 4.38. The van der Waals surface area contributed by atoms with Crippen LogP contribution in [0.15, 0.2) is 17.2 Å². The van der Waals surface area contributed by atoms with Crippen LogP contribution in [0.25, 0.3) is 0 Å². The number of nitrogens with zero attached hydrogens (tertiary/aromatic N) is 6. The van der Waals surface area contributed by atoms with Crippen LogP contribution >= 0.6 is 0 Å². The van der Waals surface area contributed by atoms with Crippen molar-refractivity contribution in [2.45, 2.75) is 38.1 Å². The number of aromatic nitrogens is 4. The zero-order valence-corrected chi connectivity index (χ0v) is 17.9. The van der Waals surface area contributed by atoms with Crippen molar-refractivity contribution in [1.82, 2.24) is 29.2 Å². The zero-order valence-electron chi connectivity index (χ0n) is 17.1. The summed E-state index contributed by atoms with van der Waals surface area (Å²) < 4.78 is 30.2. The maximum Gasteiger partial charge on any atom is 0.390 e. The SMILES string of the molecule is Cc1c(S(=O)(=O)N2CCC[C@H](C(=O)NCCn3nc([N+](=O)[O-])cc3C)C2)cnn1C. The number of carbonyl (C=O) groups is 1. The summed E-state index contributed by atoms with van der Waals surface area (Å²) in [5.74, 6) is -0.937. The quantitative estimate of drug-likeness (QED) is 0.484. The van der Waals surface area contributed by atoms with Gasteiger partial charge < -0.3 is 15.4 Å². The maximum atomic E-state index is 13.0. The molecule has 0 unspecified atom stereocenters. The normalized spacial score (nSPS) is 17.8. The van der Waals surface area contributed by atoms with E-state index < -0.39 is 20.9 Å². The Kier molecular flexibility index (Phi) is 6.22. The summed E-state index contributed by atoms with van der Waals surface area (Å²) in [5, 5.41) is 21.5. The van der Waals surface area contributed by atoms with Crippen LogP contribution in [0.2, 0.25) is 0 Å². The third-order valence-corrected chi connectivity index (χ3v) is 7.31. The van der Waals surface area contributed by atoms with Crippen LogP contribution in [0.5, 0.6) is 0 Å². The lowest BCUT2D eigenvalue weighted by Crippen LogP contribution is -2.45. The van der Waals surface area contributed by atoms with Gasteiger partial charge in [-0.25, -0.2) is 8.42 Å². The first-order valence-electron chi connectivity index (χ1n) is 9.56. The molecule has 3 rings (SSSR count). The van der Waals surface area contributed by atoms with Crippen LogP contribution in [-0.2, 0) is 28.4 Å². The Morgan fingerprint density at radius 3 is 2.73 bits per heavy atom. The molecule has 1 saturated heterocycles. The summed E-state index contributed by atoms with van der Waals surface area (Å²) in [6, 6.07) is 1.37. The molecule has 1 aliphatic rings. The topological polar surface area (TPSA) is 145 Å². The van der Waals surface area contributed by atoms with Crippen molar-refractivity contribution in [1.29, 1.82) is 0 Å². The van der Waals surface area contributed by atoms with E-state index in [9.17, 15) is 23.3 Å². The molecule has 0 aliphatic carbocycles. The number of carbonyl (C=O) groups excluding carboxylic acids is 1. The van der Waals surface area contributed by atoms with Crippen molar-refractivity contribution in [3.63, 3.8) is 0 Å². The second-order valence-corrected chi connectivity index (χ2v) is 9.24. The highest BCUT2D eigenvalue weighted by Crippen LogP contribution is 2.25. The molecule has 1 atom stereocenters. The summed E-state index contributed by atoms with van der Waals surface area (Å²) in [7, 11) is -2.04. The van der Waals surface area contributed by atoms with Gasteiger partial charge in [-0.3, -0.25) is 9.48 Å². The number of hydrogen-bond donors (Lipinski definition) is 1. The molecule has 12 nitrogen and oxygen atoms in total. The van der Waals surface area contributed by atoms with Gasteiger partial charge in [-0.1, -0.05) is 0 Å². The Labute approximate surface area is 174 Å². The van der Waals surface area contributed by atoms with Crippen LogP contribution in [0.4, 0.5) is 5.82 Å². The van der Waals surface area contributed by atoms with Crippen LogP contribution in [0, 0.1) is 29.9 Å². The van der Waals surface area contributed by atoms with E-state index in [2.05, 4.69) is 15.5 Å². The van der Waals surface area contributed by atoms with Gasteiger partial charge in [0.15, 0.2) is 0 Å². The third kappa shape index (κ3) is 4.36. The van der Waals surface area contributed by atoms with E-state index in [0.717, 1.165) is 0 Å². The molecule has 2 aromatic heterocycles. The molecule has 164 valence electrons. The van der Waals surface area contributed by atoms with Gasteiger partial charge in [0.2, 0.25) is 15.9 Å². The fraction of sp³-hybridized carbons (Fsp3) is 0.588. The average molecular weight is 439 g/mol.